The van der Waals surface area contributed by atoms with Gasteiger partial charge in [0.15, 0.2) is 5.82 Å². The van der Waals surface area contributed by atoms with Crippen molar-refractivity contribution in [2.24, 2.45) is 5.92 Å². The summed E-state index contributed by atoms with van der Waals surface area (Å²) in [7, 11) is 1.63. The molecule has 0 spiro atoms. The summed E-state index contributed by atoms with van der Waals surface area (Å²) < 4.78 is 34.1. The third-order valence-corrected chi connectivity index (χ3v) is 7.27. The molecule has 4 heterocycles. The number of hydrogen-bond donors (Lipinski definition) is 1. The topological polar surface area (TPSA) is 112 Å². The minimum absolute atomic E-state index is 0.0208. The Hall–Kier alpha value is -4.25. The van der Waals surface area contributed by atoms with Gasteiger partial charge in [-0.2, -0.15) is 0 Å². The molecule has 1 saturated carbocycles. The summed E-state index contributed by atoms with van der Waals surface area (Å²) in [5.41, 5.74) is 2.24. The maximum atomic E-state index is 14.0. The van der Waals surface area contributed by atoms with Gasteiger partial charge >= 0.3 is 0 Å². The van der Waals surface area contributed by atoms with Crippen molar-refractivity contribution in [1.29, 1.82) is 0 Å². The number of ether oxygens (including phenoxy) is 1. The Balaban J connectivity index is 1.43. The van der Waals surface area contributed by atoms with E-state index in [9.17, 15) is 18.4 Å². The van der Waals surface area contributed by atoms with Gasteiger partial charge in [0.1, 0.15) is 34.7 Å². The predicted molar refractivity (Wildman–Crippen MR) is 143 cm³/mol. The van der Waals surface area contributed by atoms with Crippen LogP contribution < -0.4 is 15.6 Å². The van der Waals surface area contributed by atoms with E-state index in [4.69, 9.17) is 21.3 Å². The van der Waals surface area contributed by atoms with Gasteiger partial charge in [0, 0.05) is 49.1 Å². The molecule has 0 radical (unpaired) electrons. The summed E-state index contributed by atoms with van der Waals surface area (Å²) >= 11 is 6.39. The van der Waals surface area contributed by atoms with Gasteiger partial charge in [-0.25, -0.2) is 18.7 Å². The first-order valence-electron chi connectivity index (χ1n) is 12.5. The molecule has 0 atom stereocenters. The molecule has 0 aliphatic heterocycles. The first-order valence-corrected chi connectivity index (χ1v) is 12.9. The van der Waals surface area contributed by atoms with Gasteiger partial charge in [0.2, 0.25) is 5.91 Å². The number of nitrogens with one attached hydrogen (secondary N) is 1. The molecule has 206 valence electrons. The Morgan fingerprint density at radius 3 is 2.62 bits per heavy atom. The standard InChI is InChI=1S/C28H25ClF2N6O3/c1-14-11-34-21(20-4-5-33-26(36-20)16-7-17(8-16)27(38)32-3)10-23(14)37-15(2)6-24(25(29)28(37)39)40-13-22-19(31)9-18(30)12-35-22/h4-6,9-12,16-17H,7-8,13H2,1-3H3,(H,32,38)/t16-,17+. The fraction of sp³-hybridized carbons (Fsp3) is 0.286. The van der Waals surface area contributed by atoms with Gasteiger partial charge in [-0.3, -0.25) is 24.1 Å². The van der Waals surface area contributed by atoms with Crippen molar-refractivity contribution in [1.82, 2.24) is 29.8 Å². The summed E-state index contributed by atoms with van der Waals surface area (Å²) in [6.45, 7) is 3.19. The average Bonchev–Trinajstić information content (AvgIpc) is 2.91. The highest BCUT2D eigenvalue weighted by molar-refractivity contribution is 6.31. The van der Waals surface area contributed by atoms with Crippen LogP contribution in [0.2, 0.25) is 5.02 Å². The van der Waals surface area contributed by atoms with E-state index in [1.165, 1.54) is 4.57 Å². The van der Waals surface area contributed by atoms with Crippen molar-refractivity contribution in [3.8, 4) is 22.8 Å². The van der Waals surface area contributed by atoms with Gasteiger partial charge in [0.25, 0.3) is 5.56 Å². The first kappa shape index (κ1) is 27.3. The van der Waals surface area contributed by atoms with Gasteiger partial charge in [0.05, 0.1) is 23.3 Å². The van der Waals surface area contributed by atoms with Crippen LogP contribution in [0.1, 0.15) is 41.5 Å². The molecule has 1 aliphatic rings. The van der Waals surface area contributed by atoms with Crippen LogP contribution >= 0.6 is 11.6 Å². The summed E-state index contributed by atoms with van der Waals surface area (Å²) in [4.78, 5) is 42.5. The van der Waals surface area contributed by atoms with Gasteiger partial charge in [-0.1, -0.05) is 11.6 Å². The monoisotopic (exact) mass is 566 g/mol. The van der Waals surface area contributed by atoms with Crippen molar-refractivity contribution in [2.45, 2.75) is 39.2 Å². The second kappa shape index (κ2) is 11.1. The number of halogens is 3. The van der Waals surface area contributed by atoms with E-state index in [2.05, 4.69) is 20.3 Å². The highest BCUT2D eigenvalue weighted by Gasteiger charge is 2.36. The van der Waals surface area contributed by atoms with Crippen molar-refractivity contribution in [3.63, 3.8) is 0 Å². The molecule has 4 aromatic rings. The van der Waals surface area contributed by atoms with Crippen molar-refractivity contribution in [3.05, 3.63) is 92.6 Å². The Labute approximate surface area is 233 Å². The lowest BCUT2D eigenvalue weighted by atomic mass is 9.74. The number of aryl methyl sites for hydroxylation is 2. The van der Waals surface area contributed by atoms with Crippen LogP contribution in [0.15, 0.2) is 47.7 Å². The maximum absolute atomic E-state index is 14.0. The molecule has 1 amide bonds. The highest BCUT2D eigenvalue weighted by atomic mass is 35.5. The number of hydrogen-bond acceptors (Lipinski definition) is 7. The molecular weight excluding hydrogens is 542 g/mol. The van der Waals surface area contributed by atoms with Crippen LogP contribution in [0, 0.1) is 31.4 Å². The Morgan fingerprint density at radius 2 is 1.90 bits per heavy atom. The van der Waals surface area contributed by atoms with E-state index in [0.717, 1.165) is 11.8 Å². The van der Waals surface area contributed by atoms with Gasteiger partial charge < -0.3 is 10.1 Å². The summed E-state index contributed by atoms with van der Waals surface area (Å²) in [5, 5.41) is 2.47. The minimum Gasteiger partial charge on any atom is -0.485 e. The summed E-state index contributed by atoms with van der Waals surface area (Å²) in [6, 6.07) is 5.75. The van der Waals surface area contributed by atoms with Crippen molar-refractivity contribution in [2.75, 3.05) is 7.05 Å². The van der Waals surface area contributed by atoms with E-state index in [-0.39, 0.29) is 40.8 Å². The molecule has 0 bridgehead atoms. The van der Waals surface area contributed by atoms with Crippen molar-refractivity contribution < 1.29 is 18.3 Å². The van der Waals surface area contributed by atoms with Gasteiger partial charge in [-0.15, -0.1) is 0 Å². The summed E-state index contributed by atoms with van der Waals surface area (Å²) in [6.07, 6.45) is 5.54. The second-order valence-corrected chi connectivity index (χ2v) is 9.99. The number of carbonyl (C=O) groups is 1. The van der Waals surface area contributed by atoms with Crippen LogP contribution in [-0.2, 0) is 11.4 Å². The maximum Gasteiger partial charge on any atom is 0.277 e. The van der Waals surface area contributed by atoms with Crippen LogP contribution in [0.3, 0.4) is 0 Å². The lowest BCUT2D eigenvalue weighted by Gasteiger charge is -2.32. The third kappa shape index (κ3) is 5.29. The van der Waals surface area contributed by atoms with Crippen LogP contribution in [0.25, 0.3) is 17.1 Å². The Bertz CT molecular complexity index is 1670. The lowest BCUT2D eigenvalue weighted by molar-refractivity contribution is -0.127. The normalized spacial score (nSPS) is 16.4. The zero-order valence-corrected chi connectivity index (χ0v) is 22.7. The van der Waals surface area contributed by atoms with Crippen LogP contribution in [0.5, 0.6) is 5.75 Å². The number of amides is 1. The number of carbonyl (C=O) groups excluding carboxylic acids is 1. The largest absolute Gasteiger partial charge is 0.485 e. The number of pyridine rings is 3. The zero-order valence-electron chi connectivity index (χ0n) is 21.9. The first-order chi connectivity index (χ1) is 19.2. The second-order valence-electron chi connectivity index (χ2n) is 9.61. The quantitative estimate of drug-likeness (QED) is 0.352. The fourth-order valence-corrected chi connectivity index (χ4v) is 4.83. The van der Waals surface area contributed by atoms with Gasteiger partial charge in [-0.05, 0) is 44.4 Å². The average molecular weight is 567 g/mol. The summed E-state index contributed by atoms with van der Waals surface area (Å²) in [5.74, 6) is -0.906. The lowest BCUT2D eigenvalue weighted by Crippen LogP contribution is -2.36. The molecule has 12 heteroatoms. The molecule has 5 rings (SSSR count). The SMILES string of the molecule is CNC(=O)[C@H]1C[C@@H](c2nccc(-c3cc(-n4c(C)cc(OCc5ncc(F)cc5F)c(Cl)c4=O)c(C)cn3)n2)C1. The molecule has 0 saturated heterocycles. The molecular formula is C28H25ClF2N6O3. The molecule has 1 aliphatic carbocycles. The van der Waals surface area contributed by atoms with Crippen molar-refractivity contribution >= 4 is 17.5 Å². The zero-order chi connectivity index (χ0) is 28.6. The number of aromatic nitrogens is 5. The van der Waals surface area contributed by atoms with Crippen LogP contribution in [-0.4, -0.2) is 37.5 Å². The molecule has 40 heavy (non-hydrogen) atoms. The fourth-order valence-electron chi connectivity index (χ4n) is 4.64. The molecule has 0 unspecified atom stereocenters. The smallest absolute Gasteiger partial charge is 0.277 e. The molecule has 4 aromatic heterocycles. The van der Waals surface area contributed by atoms with E-state index in [1.54, 1.807) is 44.6 Å². The van der Waals surface area contributed by atoms with E-state index in [0.29, 0.717) is 47.5 Å². The van der Waals surface area contributed by atoms with E-state index >= 15 is 0 Å². The van der Waals surface area contributed by atoms with E-state index in [1.807, 2.05) is 6.92 Å². The highest BCUT2D eigenvalue weighted by Crippen LogP contribution is 2.40. The minimum atomic E-state index is -0.863. The van der Waals surface area contributed by atoms with Crippen LogP contribution in [0.4, 0.5) is 8.78 Å². The predicted octanol–water partition coefficient (Wildman–Crippen LogP) is 4.45. The Morgan fingerprint density at radius 1 is 1.12 bits per heavy atom. The number of rotatable bonds is 7. The molecule has 1 N–H and O–H groups in total. The third-order valence-electron chi connectivity index (χ3n) is 6.92. The molecule has 9 nitrogen and oxygen atoms in total. The van der Waals surface area contributed by atoms with E-state index < -0.39 is 17.2 Å². The molecule has 0 aromatic carbocycles. The molecule has 1 fully saturated rings. The number of nitrogens with zero attached hydrogens (tertiary/aromatic N) is 5. The Kier molecular flexibility index (Phi) is 7.57.